The van der Waals surface area contributed by atoms with Gasteiger partial charge in [-0.15, -0.1) is 0 Å². The van der Waals surface area contributed by atoms with E-state index in [4.69, 9.17) is 16.9 Å². The molecule has 1 aromatic carbocycles. The zero-order valence-electron chi connectivity index (χ0n) is 6.53. The number of fused-ring (bicyclic) bond motifs is 1. The molecule has 3 nitrogen and oxygen atoms in total. The minimum Gasteiger partial charge on any atom is -0.251 e. The number of hydrogen-bond donors (Lipinski definition) is 0. The number of aromatic nitrogens is 2. The van der Waals surface area contributed by atoms with Crippen molar-refractivity contribution in [3.05, 3.63) is 35.1 Å². The van der Waals surface area contributed by atoms with Gasteiger partial charge in [-0.05, 0) is 12.1 Å². The van der Waals surface area contributed by atoms with Crippen molar-refractivity contribution in [1.29, 1.82) is 5.26 Å². The Hall–Kier alpha value is -1.66. The number of halogens is 1. The van der Waals surface area contributed by atoms with E-state index < -0.39 is 0 Å². The highest BCUT2D eigenvalue weighted by Gasteiger charge is 2.02. The van der Waals surface area contributed by atoms with Gasteiger partial charge in [-0.2, -0.15) is 5.26 Å². The Bertz CT molecular complexity index is 502. The maximum atomic E-state index is 8.77. The Kier molecular flexibility index (Phi) is 1.84. The monoisotopic (exact) mass is 189 g/mol. The third-order valence-electron chi connectivity index (χ3n) is 1.66. The van der Waals surface area contributed by atoms with E-state index in [0.717, 1.165) is 0 Å². The summed E-state index contributed by atoms with van der Waals surface area (Å²) in [5.41, 5.74) is 1.73. The van der Waals surface area contributed by atoms with Crippen LogP contribution in [-0.2, 0) is 0 Å². The van der Waals surface area contributed by atoms with Gasteiger partial charge < -0.3 is 0 Å². The summed E-state index contributed by atoms with van der Waals surface area (Å²) in [5, 5.41) is 9.07. The minimum absolute atomic E-state index is 0.301. The van der Waals surface area contributed by atoms with Crippen molar-refractivity contribution in [3.63, 3.8) is 0 Å². The molecule has 0 aliphatic heterocycles. The summed E-state index contributed by atoms with van der Waals surface area (Å²) in [6, 6.07) is 7.28. The van der Waals surface area contributed by atoms with Gasteiger partial charge in [0.05, 0.1) is 17.3 Å². The molecule has 2 rings (SSSR count). The number of hydrogen-bond acceptors (Lipinski definition) is 3. The fourth-order valence-corrected chi connectivity index (χ4v) is 1.24. The van der Waals surface area contributed by atoms with Crippen LogP contribution in [0, 0.1) is 11.3 Å². The Morgan fingerprint density at radius 2 is 2.23 bits per heavy atom. The Labute approximate surface area is 79.6 Å². The molecule has 0 spiro atoms. The number of nitriles is 1. The molecular formula is C9H4ClN3. The molecule has 0 radical (unpaired) electrons. The molecule has 0 atom stereocenters. The Balaban J connectivity index is 2.89. The first-order valence-electron chi connectivity index (χ1n) is 3.62. The lowest BCUT2D eigenvalue weighted by molar-refractivity contribution is 1.28. The predicted octanol–water partition coefficient (Wildman–Crippen LogP) is 2.15. The fourth-order valence-electron chi connectivity index (χ4n) is 1.10. The highest BCUT2D eigenvalue weighted by molar-refractivity contribution is 6.29. The van der Waals surface area contributed by atoms with Gasteiger partial charge in [0.1, 0.15) is 16.7 Å². The fraction of sp³-hybridized carbons (Fsp3) is 0. The minimum atomic E-state index is 0.301. The van der Waals surface area contributed by atoms with Gasteiger partial charge in [0.2, 0.25) is 0 Å². The lowest BCUT2D eigenvalue weighted by atomic mass is 10.2. The van der Waals surface area contributed by atoms with Crippen molar-refractivity contribution >= 4 is 22.6 Å². The maximum Gasteiger partial charge on any atom is 0.148 e. The van der Waals surface area contributed by atoms with Crippen LogP contribution in [0.5, 0.6) is 0 Å². The molecule has 1 heterocycles. The zero-order chi connectivity index (χ0) is 9.26. The van der Waals surface area contributed by atoms with Gasteiger partial charge in [-0.1, -0.05) is 17.7 Å². The second kappa shape index (κ2) is 3.00. The lowest BCUT2D eigenvalue weighted by Crippen LogP contribution is -1.87. The first kappa shape index (κ1) is 7.96. The largest absolute Gasteiger partial charge is 0.251 e. The summed E-state index contributed by atoms with van der Waals surface area (Å²) in [6.07, 6.45) is 1.46. The molecule has 0 unspecified atom stereocenters. The van der Waals surface area contributed by atoms with Gasteiger partial charge in [-0.25, -0.2) is 4.98 Å². The molecule has 0 amide bonds. The topological polar surface area (TPSA) is 49.6 Å². The molecule has 0 aliphatic rings. The van der Waals surface area contributed by atoms with Crippen molar-refractivity contribution in [2.45, 2.75) is 0 Å². The number of para-hydroxylation sites is 1. The van der Waals surface area contributed by atoms with Crippen LogP contribution in [-0.4, -0.2) is 9.97 Å². The predicted molar refractivity (Wildman–Crippen MR) is 49.3 cm³/mol. The highest BCUT2D eigenvalue weighted by Crippen LogP contribution is 2.15. The Morgan fingerprint density at radius 3 is 3.00 bits per heavy atom. The molecule has 0 bridgehead atoms. The summed E-state index contributed by atoms with van der Waals surface area (Å²) in [6.45, 7) is 0. The van der Waals surface area contributed by atoms with E-state index in [9.17, 15) is 0 Å². The molecule has 0 saturated heterocycles. The van der Waals surface area contributed by atoms with E-state index in [1.165, 1.54) is 6.20 Å². The summed E-state index contributed by atoms with van der Waals surface area (Å²) in [7, 11) is 0. The summed E-state index contributed by atoms with van der Waals surface area (Å²) < 4.78 is 0. The third-order valence-corrected chi connectivity index (χ3v) is 1.85. The van der Waals surface area contributed by atoms with Crippen LogP contribution < -0.4 is 0 Å². The lowest BCUT2D eigenvalue weighted by Gasteiger charge is -1.97. The van der Waals surface area contributed by atoms with Gasteiger partial charge >= 0.3 is 0 Å². The normalized spacial score (nSPS) is 9.85. The molecule has 2 aromatic rings. The molecule has 13 heavy (non-hydrogen) atoms. The quantitative estimate of drug-likeness (QED) is 0.638. The van der Waals surface area contributed by atoms with Crippen molar-refractivity contribution in [3.8, 4) is 6.07 Å². The smallest absolute Gasteiger partial charge is 0.148 e. The molecule has 0 saturated carbocycles. The van der Waals surface area contributed by atoms with E-state index in [0.29, 0.717) is 21.7 Å². The van der Waals surface area contributed by atoms with Gasteiger partial charge in [-0.3, -0.25) is 4.98 Å². The van der Waals surface area contributed by atoms with E-state index >= 15 is 0 Å². The van der Waals surface area contributed by atoms with Crippen LogP contribution in [0.25, 0.3) is 11.0 Å². The summed E-state index contributed by atoms with van der Waals surface area (Å²) in [4.78, 5) is 8.07. The average Bonchev–Trinajstić information content (AvgIpc) is 2.17. The van der Waals surface area contributed by atoms with Crippen LogP contribution in [0.3, 0.4) is 0 Å². The molecule has 0 aliphatic carbocycles. The second-order valence-corrected chi connectivity index (χ2v) is 2.87. The van der Waals surface area contributed by atoms with Crippen LogP contribution in [0.1, 0.15) is 5.56 Å². The number of rotatable bonds is 0. The van der Waals surface area contributed by atoms with E-state index in [1.54, 1.807) is 18.2 Å². The van der Waals surface area contributed by atoms with Crippen LogP contribution in [0.4, 0.5) is 0 Å². The van der Waals surface area contributed by atoms with Crippen LogP contribution in [0.15, 0.2) is 24.4 Å². The molecule has 62 valence electrons. The van der Waals surface area contributed by atoms with Crippen LogP contribution >= 0.6 is 11.6 Å². The maximum absolute atomic E-state index is 8.77. The van der Waals surface area contributed by atoms with Crippen LogP contribution in [0.2, 0.25) is 5.15 Å². The SMILES string of the molecule is N#Cc1cccc2ncc(Cl)nc12. The van der Waals surface area contributed by atoms with E-state index in [1.807, 2.05) is 6.07 Å². The van der Waals surface area contributed by atoms with Crippen molar-refractivity contribution in [2.75, 3.05) is 0 Å². The van der Waals surface area contributed by atoms with Gasteiger partial charge in [0.25, 0.3) is 0 Å². The van der Waals surface area contributed by atoms with Crippen molar-refractivity contribution in [1.82, 2.24) is 9.97 Å². The molecule has 0 fully saturated rings. The van der Waals surface area contributed by atoms with Crippen molar-refractivity contribution in [2.24, 2.45) is 0 Å². The molecule has 0 N–H and O–H groups in total. The third kappa shape index (κ3) is 1.32. The zero-order valence-corrected chi connectivity index (χ0v) is 7.28. The van der Waals surface area contributed by atoms with E-state index in [-0.39, 0.29) is 0 Å². The first-order valence-corrected chi connectivity index (χ1v) is 4.00. The number of benzene rings is 1. The summed E-state index contributed by atoms with van der Waals surface area (Å²) in [5.74, 6) is 0. The Morgan fingerprint density at radius 1 is 1.38 bits per heavy atom. The molecule has 4 heteroatoms. The second-order valence-electron chi connectivity index (χ2n) is 2.48. The highest BCUT2D eigenvalue weighted by atomic mass is 35.5. The van der Waals surface area contributed by atoms with Gasteiger partial charge in [0.15, 0.2) is 0 Å². The van der Waals surface area contributed by atoms with E-state index in [2.05, 4.69) is 9.97 Å². The average molecular weight is 190 g/mol. The molecule has 1 aromatic heterocycles. The standard InChI is InChI=1S/C9H4ClN3/c10-8-5-12-7-3-1-2-6(4-11)9(7)13-8/h1-3,5H. The first-order chi connectivity index (χ1) is 6.31. The van der Waals surface area contributed by atoms with Crippen molar-refractivity contribution < 1.29 is 0 Å². The van der Waals surface area contributed by atoms with Gasteiger partial charge in [0, 0.05) is 0 Å². The number of nitrogens with zero attached hydrogens (tertiary/aromatic N) is 3. The summed E-state index contributed by atoms with van der Waals surface area (Å²) >= 11 is 5.66. The molecular weight excluding hydrogens is 186 g/mol.